The Morgan fingerprint density at radius 1 is 1.11 bits per heavy atom. The van der Waals surface area contributed by atoms with Crippen molar-refractivity contribution in [3.05, 3.63) is 18.1 Å². The Morgan fingerprint density at radius 2 is 1.74 bits per heavy atom. The average molecular weight is 377 g/mol. The molecule has 0 saturated carbocycles. The Labute approximate surface area is 161 Å². The van der Waals surface area contributed by atoms with E-state index in [0.29, 0.717) is 24.9 Å². The number of ether oxygens (including phenoxy) is 1. The molecule has 1 N–H and O–H groups in total. The fourth-order valence-electron chi connectivity index (χ4n) is 3.86. The van der Waals surface area contributed by atoms with Gasteiger partial charge in [-0.15, -0.1) is 0 Å². The molecule has 1 aromatic heterocycles. The van der Waals surface area contributed by atoms with Crippen LogP contribution in [0.1, 0.15) is 58.1 Å². The van der Waals surface area contributed by atoms with Gasteiger partial charge in [0.1, 0.15) is 5.60 Å². The minimum atomic E-state index is -0.466. The Bertz CT molecular complexity index is 630. The summed E-state index contributed by atoms with van der Waals surface area (Å²) in [5, 5.41) is 9.36. The van der Waals surface area contributed by atoms with Crippen molar-refractivity contribution < 1.29 is 14.6 Å². The summed E-state index contributed by atoms with van der Waals surface area (Å²) in [4.78, 5) is 25.7. The quantitative estimate of drug-likeness (QED) is 0.874. The third-order valence-corrected chi connectivity index (χ3v) is 5.41. The van der Waals surface area contributed by atoms with Crippen LogP contribution in [-0.2, 0) is 4.74 Å². The molecule has 0 radical (unpaired) electrons. The fourth-order valence-corrected chi connectivity index (χ4v) is 3.86. The SMILES string of the molecule is CC(C)(C)OC(=O)N1CCC(c2nccnc2N2CCC(CO)CC2)CC1. The molecule has 3 heterocycles. The van der Waals surface area contributed by atoms with Crippen molar-refractivity contribution in [1.29, 1.82) is 0 Å². The molecule has 2 aliphatic heterocycles. The van der Waals surface area contributed by atoms with E-state index in [9.17, 15) is 9.90 Å². The van der Waals surface area contributed by atoms with Crippen LogP contribution in [0.15, 0.2) is 12.4 Å². The molecule has 1 amide bonds. The van der Waals surface area contributed by atoms with E-state index < -0.39 is 5.60 Å². The summed E-state index contributed by atoms with van der Waals surface area (Å²) in [6.07, 6.45) is 7.02. The molecule has 27 heavy (non-hydrogen) atoms. The number of hydrogen-bond donors (Lipinski definition) is 1. The Balaban J connectivity index is 1.63. The van der Waals surface area contributed by atoms with Crippen molar-refractivity contribution in [1.82, 2.24) is 14.9 Å². The van der Waals surface area contributed by atoms with E-state index in [1.807, 2.05) is 20.8 Å². The number of nitrogens with zero attached hydrogens (tertiary/aromatic N) is 4. The first kappa shape index (κ1) is 19.9. The van der Waals surface area contributed by atoms with Gasteiger partial charge in [-0.1, -0.05) is 0 Å². The molecule has 2 aliphatic rings. The summed E-state index contributed by atoms with van der Waals surface area (Å²) >= 11 is 0. The number of aromatic nitrogens is 2. The van der Waals surface area contributed by atoms with Crippen molar-refractivity contribution in [2.24, 2.45) is 5.92 Å². The van der Waals surface area contributed by atoms with Crippen molar-refractivity contribution in [3.63, 3.8) is 0 Å². The molecule has 0 atom stereocenters. The predicted octanol–water partition coefficient (Wildman–Crippen LogP) is 2.80. The van der Waals surface area contributed by atoms with E-state index in [1.165, 1.54) is 0 Å². The van der Waals surface area contributed by atoms with Gasteiger partial charge in [0.2, 0.25) is 0 Å². The number of rotatable bonds is 3. The van der Waals surface area contributed by atoms with Gasteiger partial charge < -0.3 is 19.6 Å². The number of carbonyl (C=O) groups is 1. The highest BCUT2D eigenvalue weighted by Gasteiger charge is 2.31. The number of amides is 1. The number of aliphatic hydroxyl groups excluding tert-OH is 1. The average Bonchev–Trinajstić information content (AvgIpc) is 2.67. The van der Waals surface area contributed by atoms with E-state index in [2.05, 4.69) is 14.9 Å². The van der Waals surface area contributed by atoms with Crippen LogP contribution < -0.4 is 4.90 Å². The van der Waals surface area contributed by atoms with Gasteiger partial charge in [-0.25, -0.2) is 9.78 Å². The van der Waals surface area contributed by atoms with Crippen LogP contribution in [0, 0.1) is 5.92 Å². The zero-order valence-corrected chi connectivity index (χ0v) is 16.7. The number of hydrogen-bond acceptors (Lipinski definition) is 6. The molecule has 3 rings (SSSR count). The zero-order valence-electron chi connectivity index (χ0n) is 16.7. The lowest BCUT2D eigenvalue weighted by Gasteiger charge is -2.36. The molecule has 0 unspecified atom stereocenters. The number of piperidine rings is 2. The molecule has 0 aliphatic carbocycles. The number of likely N-dealkylation sites (tertiary alicyclic amines) is 1. The molecule has 0 spiro atoms. The van der Waals surface area contributed by atoms with Gasteiger partial charge >= 0.3 is 6.09 Å². The van der Waals surface area contributed by atoms with Crippen LogP contribution in [-0.4, -0.2) is 64.5 Å². The van der Waals surface area contributed by atoms with E-state index in [0.717, 1.165) is 50.3 Å². The van der Waals surface area contributed by atoms with E-state index in [1.54, 1.807) is 17.3 Å². The molecule has 1 aromatic rings. The van der Waals surface area contributed by atoms with Gasteiger partial charge in [0, 0.05) is 51.1 Å². The number of carbonyl (C=O) groups excluding carboxylic acids is 1. The third kappa shape index (κ3) is 5.09. The Kier molecular flexibility index (Phi) is 6.19. The second-order valence-corrected chi connectivity index (χ2v) is 8.62. The van der Waals surface area contributed by atoms with Crippen LogP contribution in [0.4, 0.5) is 10.6 Å². The van der Waals surface area contributed by atoms with Gasteiger partial charge in [-0.05, 0) is 52.4 Å². The summed E-state index contributed by atoms with van der Waals surface area (Å²) in [6, 6.07) is 0. The highest BCUT2D eigenvalue weighted by Crippen LogP contribution is 2.33. The van der Waals surface area contributed by atoms with Gasteiger partial charge in [0.05, 0.1) is 5.69 Å². The summed E-state index contributed by atoms with van der Waals surface area (Å²) in [5.74, 6) is 1.69. The van der Waals surface area contributed by atoms with Crippen LogP contribution in [0.25, 0.3) is 0 Å². The maximum Gasteiger partial charge on any atom is 0.410 e. The predicted molar refractivity (Wildman–Crippen MR) is 104 cm³/mol. The monoisotopic (exact) mass is 376 g/mol. The van der Waals surface area contributed by atoms with Gasteiger partial charge in [-0.2, -0.15) is 0 Å². The van der Waals surface area contributed by atoms with Crippen molar-refractivity contribution in [2.75, 3.05) is 37.7 Å². The maximum absolute atomic E-state index is 12.3. The van der Waals surface area contributed by atoms with Crippen LogP contribution in [0.5, 0.6) is 0 Å². The summed E-state index contributed by atoms with van der Waals surface area (Å²) in [5.41, 5.74) is 0.580. The zero-order chi connectivity index (χ0) is 19.4. The molecule has 150 valence electrons. The van der Waals surface area contributed by atoms with Gasteiger partial charge in [-0.3, -0.25) is 4.98 Å². The van der Waals surface area contributed by atoms with E-state index in [-0.39, 0.29) is 12.7 Å². The summed E-state index contributed by atoms with van der Waals surface area (Å²) < 4.78 is 5.49. The molecule has 0 aromatic carbocycles. The second-order valence-electron chi connectivity index (χ2n) is 8.62. The highest BCUT2D eigenvalue weighted by molar-refractivity contribution is 5.68. The highest BCUT2D eigenvalue weighted by atomic mass is 16.6. The van der Waals surface area contributed by atoms with E-state index >= 15 is 0 Å². The lowest BCUT2D eigenvalue weighted by Crippen LogP contribution is -2.42. The van der Waals surface area contributed by atoms with Crippen LogP contribution >= 0.6 is 0 Å². The smallest absolute Gasteiger partial charge is 0.410 e. The van der Waals surface area contributed by atoms with Crippen LogP contribution in [0.2, 0.25) is 0 Å². The first-order valence-corrected chi connectivity index (χ1v) is 10.0. The lowest BCUT2D eigenvalue weighted by molar-refractivity contribution is 0.0204. The largest absolute Gasteiger partial charge is 0.444 e. The maximum atomic E-state index is 12.3. The second kappa shape index (κ2) is 8.42. The molecule has 7 heteroatoms. The minimum Gasteiger partial charge on any atom is -0.444 e. The number of aliphatic hydroxyl groups is 1. The van der Waals surface area contributed by atoms with E-state index in [4.69, 9.17) is 4.74 Å². The van der Waals surface area contributed by atoms with Gasteiger partial charge in [0.15, 0.2) is 5.82 Å². The molecular formula is C20H32N4O3. The standard InChI is InChI=1S/C20H32N4O3/c1-20(2,3)27-19(26)24-12-6-16(7-13-24)17-18(22-9-8-21-17)23-10-4-15(14-25)5-11-23/h8-9,15-16,25H,4-7,10-14H2,1-3H3. The Morgan fingerprint density at radius 3 is 2.33 bits per heavy atom. The van der Waals surface area contributed by atoms with Crippen molar-refractivity contribution in [3.8, 4) is 0 Å². The lowest BCUT2D eigenvalue weighted by atomic mass is 9.92. The first-order valence-electron chi connectivity index (χ1n) is 10.0. The van der Waals surface area contributed by atoms with Crippen molar-refractivity contribution >= 4 is 11.9 Å². The topological polar surface area (TPSA) is 78.8 Å². The molecule has 0 bridgehead atoms. The molecular weight excluding hydrogens is 344 g/mol. The fraction of sp³-hybridized carbons (Fsp3) is 0.750. The summed E-state index contributed by atoms with van der Waals surface area (Å²) in [7, 11) is 0. The minimum absolute atomic E-state index is 0.230. The molecule has 2 fully saturated rings. The van der Waals surface area contributed by atoms with Crippen LogP contribution in [0.3, 0.4) is 0 Å². The molecule has 7 nitrogen and oxygen atoms in total. The Hall–Kier alpha value is -1.89. The first-order chi connectivity index (χ1) is 12.9. The third-order valence-electron chi connectivity index (χ3n) is 5.41. The molecule has 2 saturated heterocycles. The normalized spacial score (nSPS) is 20.0. The van der Waals surface area contributed by atoms with Crippen molar-refractivity contribution in [2.45, 2.75) is 58.0 Å². The summed E-state index contributed by atoms with van der Waals surface area (Å²) in [6.45, 7) is 9.13. The van der Waals surface area contributed by atoms with Gasteiger partial charge in [0.25, 0.3) is 0 Å². The number of anilines is 1.